The highest BCUT2D eigenvalue weighted by Crippen LogP contribution is 2.27. The molecule has 1 aliphatic carbocycles. The van der Waals surface area contributed by atoms with E-state index in [-0.39, 0.29) is 11.3 Å². The van der Waals surface area contributed by atoms with Crippen molar-refractivity contribution in [3.63, 3.8) is 0 Å². The average Bonchev–Trinajstić information content (AvgIpc) is 2.30. The number of carbonyl (C=O) groups excluding carboxylic acids is 1. The second kappa shape index (κ2) is 3.49. The zero-order chi connectivity index (χ0) is 10.1. The predicted molar refractivity (Wildman–Crippen MR) is 55.5 cm³/mol. The third-order valence-electron chi connectivity index (χ3n) is 2.20. The minimum Gasteiger partial charge on any atom is -0.299 e. The summed E-state index contributed by atoms with van der Waals surface area (Å²) in [5.41, 5.74) is 1.28. The molecule has 0 amide bonds. The fourth-order valence-corrected chi connectivity index (χ4v) is 1.57. The van der Waals surface area contributed by atoms with Crippen LogP contribution in [0.5, 0.6) is 0 Å². The fourth-order valence-electron chi connectivity index (χ4n) is 1.57. The lowest BCUT2D eigenvalue weighted by atomic mass is 9.84. The Morgan fingerprint density at radius 2 is 2.08 bits per heavy atom. The SMILES string of the molecule is CC1=CC=CC1C(=O)CC(C)(C)C. The lowest BCUT2D eigenvalue weighted by molar-refractivity contribution is -0.122. The molecule has 1 nitrogen and oxygen atoms in total. The molecule has 1 heteroatoms. The molecule has 0 radical (unpaired) electrons. The monoisotopic (exact) mass is 178 g/mol. The first kappa shape index (κ1) is 10.2. The molecule has 0 saturated carbocycles. The van der Waals surface area contributed by atoms with Gasteiger partial charge in [-0.15, -0.1) is 0 Å². The van der Waals surface area contributed by atoms with E-state index in [0.717, 1.165) is 0 Å². The van der Waals surface area contributed by atoms with Crippen LogP contribution >= 0.6 is 0 Å². The maximum atomic E-state index is 11.8. The molecule has 72 valence electrons. The zero-order valence-corrected chi connectivity index (χ0v) is 8.92. The number of allylic oxidation sites excluding steroid dienone is 4. The zero-order valence-electron chi connectivity index (χ0n) is 8.92. The van der Waals surface area contributed by atoms with Gasteiger partial charge in [-0.2, -0.15) is 0 Å². The molecule has 0 fully saturated rings. The predicted octanol–water partition coefficient (Wildman–Crippen LogP) is 3.12. The smallest absolute Gasteiger partial charge is 0.144 e. The molecule has 0 aromatic rings. The van der Waals surface area contributed by atoms with Crippen LogP contribution in [0.2, 0.25) is 0 Å². The second-order valence-corrected chi connectivity index (χ2v) is 4.98. The Morgan fingerprint density at radius 3 is 2.46 bits per heavy atom. The first-order chi connectivity index (χ1) is 5.90. The van der Waals surface area contributed by atoms with Gasteiger partial charge in [0.25, 0.3) is 0 Å². The summed E-state index contributed by atoms with van der Waals surface area (Å²) in [4.78, 5) is 11.8. The maximum Gasteiger partial charge on any atom is 0.144 e. The van der Waals surface area contributed by atoms with E-state index in [9.17, 15) is 4.79 Å². The Labute approximate surface area is 80.5 Å². The number of hydrogen-bond donors (Lipinski definition) is 0. The first-order valence-electron chi connectivity index (χ1n) is 4.78. The number of Topliss-reactive ketones (excluding diaryl/α,β-unsaturated/α-hetero) is 1. The summed E-state index contributed by atoms with van der Waals surface area (Å²) < 4.78 is 0. The van der Waals surface area contributed by atoms with Gasteiger partial charge in [-0.05, 0) is 12.3 Å². The van der Waals surface area contributed by atoms with Gasteiger partial charge in [0.1, 0.15) is 5.78 Å². The molecule has 1 atom stereocenters. The van der Waals surface area contributed by atoms with Crippen LogP contribution in [-0.4, -0.2) is 5.78 Å². The van der Waals surface area contributed by atoms with Crippen LogP contribution in [0.1, 0.15) is 34.1 Å². The van der Waals surface area contributed by atoms with E-state index < -0.39 is 0 Å². The van der Waals surface area contributed by atoms with E-state index in [1.165, 1.54) is 5.57 Å². The highest BCUT2D eigenvalue weighted by molar-refractivity contribution is 5.86. The Balaban J connectivity index is 2.60. The highest BCUT2D eigenvalue weighted by Gasteiger charge is 2.24. The molecule has 13 heavy (non-hydrogen) atoms. The van der Waals surface area contributed by atoms with Crippen LogP contribution in [0.3, 0.4) is 0 Å². The summed E-state index contributed by atoms with van der Waals surface area (Å²) in [6, 6.07) is 0. The standard InChI is InChI=1S/C12H18O/c1-9-6-5-7-10(9)11(13)8-12(2,3)4/h5-7,10H,8H2,1-4H3. The molecule has 1 aliphatic rings. The summed E-state index contributed by atoms with van der Waals surface area (Å²) >= 11 is 0. The normalized spacial score (nSPS) is 21.8. The first-order valence-corrected chi connectivity index (χ1v) is 4.78. The van der Waals surface area contributed by atoms with Crippen molar-refractivity contribution in [3.8, 4) is 0 Å². The Hall–Kier alpha value is -0.850. The van der Waals surface area contributed by atoms with Crippen molar-refractivity contribution in [2.75, 3.05) is 0 Å². The molecule has 1 unspecified atom stereocenters. The highest BCUT2D eigenvalue weighted by atomic mass is 16.1. The second-order valence-electron chi connectivity index (χ2n) is 4.98. The third kappa shape index (κ3) is 2.83. The fraction of sp³-hybridized carbons (Fsp3) is 0.583. The largest absolute Gasteiger partial charge is 0.299 e. The van der Waals surface area contributed by atoms with E-state index in [0.29, 0.717) is 12.2 Å². The van der Waals surface area contributed by atoms with Crippen molar-refractivity contribution in [2.45, 2.75) is 34.1 Å². The summed E-state index contributed by atoms with van der Waals surface area (Å²) in [6.45, 7) is 8.32. The van der Waals surface area contributed by atoms with Crippen LogP contribution in [0.25, 0.3) is 0 Å². The molecule has 0 aromatic heterocycles. The van der Waals surface area contributed by atoms with Crippen LogP contribution in [-0.2, 0) is 4.79 Å². The van der Waals surface area contributed by atoms with Crippen molar-refractivity contribution in [2.24, 2.45) is 11.3 Å². The summed E-state index contributed by atoms with van der Waals surface area (Å²) in [5, 5.41) is 0. The molecule has 0 spiro atoms. The Morgan fingerprint density at radius 1 is 1.46 bits per heavy atom. The van der Waals surface area contributed by atoms with Crippen molar-refractivity contribution in [1.82, 2.24) is 0 Å². The Kier molecular flexibility index (Phi) is 2.74. The molecular weight excluding hydrogens is 160 g/mol. The van der Waals surface area contributed by atoms with E-state index in [2.05, 4.69) is 20.8 Å². The number of carbonyl (C=O) groups is 1. The van der Waals surface area contributed by atoms with Gasteiger partial charge in [0.15, 0.2) is 0 Å². The van der Waals surface area contributed by atoms with Crippen molar-refractivity contribution in [3.05, 3.63) is 23.8 Å². The van der Waals surface area contributed by atoms with Gasteiger partial charge in [-0.3, -0.25) is 4.79 Å². The Bertz CT molecular complexity index is 263. The molecule has 0 N–H and O–H groups in total. The summed E-state index contributed by atoms with van der Waals surface area (Å²) in [6.07, 6.45) is 6.64. The van der Waals surface area contributed by atoms with Crippen molar-refractivity contribution in [1.29, 1.82) is 0 Å². The van der Waals surface area contributed by atoms with Gasteiger partial charge >= 0.3 is 0 Å². The number of hydrogen-bond acceptors (Lipinski definition) is 1. The van der Waals surface area contributed by atoms with Gasteiger partial charge in [-0.25, -0.2) is 0 Å². The molecule has 0 heterocycles. The molecule has 0 saturated heterocycles. The quantitative estimate of drug-likeness (QED) is 0.635. The number of ketones is 1. The molecule has 0 bridgehead atoms. The van der Waals surface area contributed by atoms with Gasteiger partial charge < -0.3 is 0 Å². The topological polar surface area (TPSA) is 17.1 Å². The van der Waals surface area contributed by atoms with Gasteiger partial charge in [-0.1, -0.05) is 44.6 Å². The van der Waals surface area contributed by atoms with E-state index in [4.69, 9.17) is 0 Å². The van der Waals surface area contributed by atoms with Gasteiger partial charge in [0, 0.05) is 6.42 Å². The van der Waals surface area contributed by atoms with Gasteiger partial charge in [0.05, 0.1) is 5.92 Å². The van der Waals surface area contributed by atoms with Crippen molar-refractivity contribution < 1.29 is 4.79 Å². The molecule has 0 aromatic carbocycles. The van der Waals surface area contributed by atoms with Crippen LogP contribution < -0.4 is 0 Å². The van der Waals surface area contributed by atoms with E-state index >= 15 is 0 Å². The van der Waals surface area contributed by atoms with E-state index in [1.54, 1.807) is 0 Å². The minimum absolute atomic E-state index is 0.0548. The maximum absolute atomic E-state index is 11.8. The lowest BCUT2D eigenvalue weighted by Gasteiger charge is -2.19. The minimum atomic E-state index is 0.0548. The van der Waals surface area contributed by atoms with Crippen molar-refractivity contribution >= 4 is 5.78 Å². The van der Waals surface area contributed by atoms with Crippen LogP contribution in [0.4, 0.5) is 0 Å². The third-order valence-corrected chi connectivity index (χ3v) is 2.20. The molecule has 1 rings (SSSR count). The lowest BCUT2D eigenvalue weighted by Crippen LogP contribution is -2.19. The summed E-state index contributed by atoms with van der Waals surface area (Å²) in [5.74, 6) is 0.397. The van der Waals surface area contributed by atoms with Gasteiger partial charge in [0.2, 0.25) is 0 Å². The van der Waals surface area contributed by atoms with E-state index in [1.807, 2.05) is 25.2 Å². The molecular formula is C12H18O. The average molecular weight is 178 g/mol. The summed E-state index contributed by atoms with van der Waals surface area (Å²) in [7, 11) is 0. The number of rotatable bonds is 2. The van der Waals surface area contributed by atoms with Crippen LogP contribution in [0, 0.1) is 11.3 Å². The van der Waals surface area contributed by atoms with Crippen LogP contribution in [0.15, 0.2) is 23.8 Å². The molecule has 0 aliphatic heterocycles.